The van der Waals surface area contributed by atoms with E-state index in [1.165, 1.54) is 45.5 Å². The first-order valence-corrected chi connectivity index (χ1v) is 11.5. The van der Waals surface area contributed by atoms with Crippen molar-refractivity contribution in [3.8, 4) is 34.2 Å². The number of carbonyl (C=O) groups is 1. The van der Waals surface area contributed by atoms with Gasteiger partial charge in [0.2, 0.25) is 0 Å². The number of nitrogens with zero attached hydrogens (tertiary/aromatic N) is 2. The van der Waals surface area contributed by atoms with Crippen molar-refractivity contribution in [1.82, 2.24) is 9.36 Å². The largest absolute Gasteiger partial charge is 0.497 e. The van der Waals surface area contributed by atoms with E-state index in [1.807, 2.05) is 0 Å². The highest BCUT2D eigenvalue weighted by molar-refractivity contribution is 6.32. The van der Waals surface area contributed by atoms with Crippen molar-refractivity contribution in [2.75, 3.05) is 19.5 Å². The highest BCUT2D eigenvalue weighted by atomic mass is 35.5. The Morgan fingerprint density at radius 3 is 2.08 bits per heavy atom. The molecule has 0 aliphatic heterocycles. The Bertz CT molecular complexity index is 1580. The van der Waals surface area contributed by atoms with Gasteiger partial charge in [-0.05, 0) is 36.4 Å². The maximum atomic E-state index is 15.2. The molecule has 1 N–H and O–H groups in total. The molecule has 1 aromatic heterocycles. The molecule has 0 spiro atoms. The van der Waals surface area contributed by atoms with Crippen LogP contribution in [0.5, 0.6) is 17.2 Å². The monoisotopic (exact) mass is 565 g/mol. The molecular weight excluding hydrogens is 546 g/mol. The number of nitrogens with one attached hydrogen (secondary N) is 1. The summed E-state index contributed by atoms with van der Waals surface area (Å²) < 4.78 is 71.9. The van der Waals surface area contributed by atoms with E-state index in [4.69, 9.17) is 21.1 Å². The van der Waals surface area contributed by atoms with Gasteiger partial charge in [0.1, 0.15) is 40.3 Å². The molecule has 0 aliphatic rings. The van der Waals surface area contributed by atoms with Gasteiger partial charge in [0.25, 0.3) is 11.5 Å². The number of halogens is 5. The Morgan fingerprint density at radius 2 is 1.51 bits per heavy atom. The molecule has 3 aromatic carbocycles. The van der Waals surface area contributed by atoms with Crippen molar-refractivity contribution in [2.45, 2.75) is 6.61 Å². The van der Waals surface area contributed by atoms with E-state index in [-0.39, 0.29) is 33.5 Å². The minimum atomic E-state index is -3.06. The van der Waals surface area contributed by atoms with E-state index in [0.29, 0.717) is 5.75 Å². The zero-order valence-corrected chi connectivity index (χ0v) is 21.4. The quantitative estimate of drug-likeness (QED) is 0.279. The van der Waals surface area contributed by atoms with Gasteiger partial charge in [0.15, 0.2) is 0 Å². The van der Waals surface area contributed by atoms with Gasteiger partial charge >= 0.3 is 6.61 Å². The predicted molar refractivity (Wildman–Crippen MR) is 136 cm³/mol. The number of hydrogen-bond donors (Lipinski definition) is 1. The lowest BCUT2D eigenvalue weighted by molar-refractivity contribution is -0.0498. The van der Waals surface area contributed by atoms with E-state index in [1.54, 1.807) is 6.07 Å². The summed E-state index contributed by atoms with van der Waals surface area (Å²) in [6.07, 6.45) is 0. The number of anilines is 1. The van der Waals surface area contributed by atoms with E-state index in [9.17, 15) is 18.4 Å². The molecule has 0 radical (unpaired) electrons. The van der Waals surface area contributed by atoms with Crippen LogP contribution in [0, 0.1) is 11.6 Å². The molecule has 0 saturated carbocycles. The lowest BCUT2D eigenvalue weighted by Gasteiger charge is -2.14. The van der Waals surface area contributed by atoms with Crippen molar-refractivity contribution in [2.24, 2.45) is 7.05 Å². The SMILES string of the molecule is COc1cc(F)c(-c2c(NC(=O)c3ccc(OC(F)F)cc3)c(=O)n(-c3cc(OC)ccc3Cl)n2C)c(F)c1. The van der Waals surface area contributed by atoms with Gasteiger partial charge in [-0.1, -0.05) is 11.6 Å². The third kappa shape index (κ3) is 5.41. The molecule has 4 aromatic rings. The van der Waals surface area contributed by atoms with Gasteiger partial charge in [-0.2, -0.15) is 8.78 Å². The second kappa shape index (κ2) is 11.1. The van der Waals surface area contributed by atoms with E-state index < -0.39 is 41.0 Å². The van der Waals surface area contributed by atoms with Gasteiger partial charge < -0.3 is 19.5 Å². The first kappa shape index (κ1) is 27.6. The first-order valence-electron chi connectivity index (χ1n) is 11.1. The standard InChI is InChI=1S/C26H20ClF4N3O5/c1-33-23(21-18(28)10-16(38-3)11-19(21)29)22(25(36)34(33)20-12-15(37-2)8-9-17(20)27)32-24(35)13-4-6-14(7-5-13)39-26(30)31/h4-12,26H,1-3H3,(H,32,35). The molecule has 1 heterocycles. The zero-order chi connectivity index (χ0) is 28.4. The van der Waals surface area contributed by atoms with Crippen molar-refractivity contribution in [1.29, 1.82) is 0 Å². The van der Waals surface area contributed by atoms with Crippen molar-refractivity contribution >= 4 is 23.2 Å². The zero-order valence-electron chi connectivity index (χ0n) is 20.6. The summed E-state index contributed by atoms with van der Waals surface area (Å²) >= 11 is 6.35. The molecule has 0 bridgehead atoms. The summed E-state index contributed by atoms with van der Waals surface area (Å²) in [5, 5.41) is 2.50. The Kier molecular flexibility index (Phi) is 7.86. The third-order valence-corrected chi connectivity index (χ3v) is 6.04. The summed E-state index contributed by atoms with van der Waals surface area (Å²) in [4.78, 5) is 26.7. The van der Waals surface area contributed by atoms with Gasteiger partial charge in [-0.3, -0.25) is 14.3 Å². The molecule has 0 saturated heterocycles. The summed E-state index contributed by atoms with van der Waals surface area (Å²) in [7, 11) is 3.98. The normalized spacial score (nSPS) is 11.0. The molecule has 0 aliphatic carbocycles. The van der Waals surface area contributed by atoms with E-state index >= 15 is 8.78 Å². The van der Waals surface area contributed by atoms with Gasteiger partial charge in [0, 0.05) is 30.8 Å². The highest BCUT2D eigenvalue weighted by Gasteiger charge is 2.28. The second-order valence-corrected chi connectivity index (χ2v) is 8.41. The molecule has 0 fully saturated rings. The number of benzene rings is 3. The van der Waals surface area contributed by atoms with Crippen LogP contribution in [0.25, 0.3) is 16.9 Å². The van der Waals surface area contributed by atoms with Crippen molar-refractivity contribution in [3.63, 3.8) is 0 Å². The molecule has 13 heteroatoms. The topological polar surface area (TPSA) is 83.7 Å². The predicted octanol–water partition coefficient (Wildman–Crippen LogP) is 5.65. The van der Waals surface area contributed by atoms with Crippen LogP contribution in [0.2, 0.25) is 5.02 Å². The number of aromatic nitrogens is 2. The summed E-state index contributed by atoms with van der Waals surface area (Å²) in [5.74, 6) is -2.96. The number of methoxy groups -OCH3 is 2. The highest BCUT2D eigenvalue weighted by Crippen LogP contribution is 2.35. The summed E-state index contributed by atoms with van der Waals surface area (Å²) in [6.45, 7) is -3.06. The fourth-order valence-electron chi connectivity index (χ4n) is 3.92. The summed E-state index contributed by atoms with van der Waals surface area (Å²) in [5.41, 5.74) is -2.23. The Labute approximate surface area is 223 Å². The van der Waals surface area contributed by atoms with Crippen LogP contribution >= 0.6 is 11.6 Å². The molecule has 204 valence electrons. The van der Waals surface area contributed by atoms with Crippen LogP contribution in [0.15, 0.2) is 59.4 Å². The minimum absolute atomic E-state index is 0.0487. The fourth-order valence-corrected chi connectivity index (χ4v) is 4.12. The number of ether oxygens (including phenoxy) is 3. The maximum absolute atomic E-state index is 15.2. The number of carbonyl (C=O) groups excluding carboxylic acids is 1. The first-order chi connectivity index (χ1) is 18.5. The molecule has 1 amide bonds. The minimum Gasteiger partial charge on any atom is -0.497 e. The Balaban J connectivity index is 1.91. The van der Waals surface area contributed by atoms with E-state index in [0.717, 1.165) is 33.6 Å². The molecule has 4 rings (SSSR count). The van der Waals surface area contributed by atoms with Crippen LogP contribution in [0.4, 0.5) is 23.2 Å². The average Bonchev–Trinajstić information content (AvgIpc) is 3.12. The van der Waals surface area contributed by atoms with Crippen LogP contribution in [-0.2, 0) is 7.05 Å². The lowest BCUT2D eigenvalue weighted by Crippen LogP contribution is -2.23. The number of rotatable bonds is 8. The van der Waals surface area contributed by atoms with Crippen molar-refractivity contribution in [3.05, 3.63) is 87.2 Å². The van der Waals surface area contributed by atoms with Crippen LogP contribution in [0.3, 0.4) is 0 Å². The maximum Gasteiger partial charge on any atom is 0.387 e. The second-order valence-electron chi connectivity index (χ2n) is 8.00. The molecule has 0 atom stereocenters. The molecule has 0 unspecified atom stereocenters. The third-order valence-electron chi connectivity index (χ3n) is 5.72. The van der Waals surface area contributed by atoms with E-state index in [2.05, 4.69) is 10.1 Å². The van der Waals surface area contributed by atoms with Gasteiger partial charge in [-0.15, -0.1) is 0 Å². The van der Waals surface area contributed by atoms with Gasteiger partial charge in [-0.25, -0.2) is 13.5 Å². The summed E-state index contributed by atoms with van der Waals surface area (Å²) in [6, 6.07) is 10.9. The number of hydrogen-bond acceptors (Lipinski definition) is 5. The van der Waals surface area contributed by atoms with Crippen LogP contribution < -0.4 is 25.1 Å². The number of alkyl halides is 2. The van der Waals surface area contributed by atoms with Crippen LogP contribution in [-0.4, -0.2) is 36.1 Å². The van der Waals surface area contributed by atoms with Crippen LogP contribution in [0.1, 0.15) is 10.4 Å². The Morgan fingerprint density at radius 1 is 0.923 bits per heavy atom. The molecule has 8 nitrogen and oxygen atoms in total. The molecular formula is C26H20ClF4N3O5. The smallest absolute Gasteiger partial charge is 0.387 e. The average molecular weight is 566 g/mol. The van der Waals surface area contributed by atoms with Gasteiger partial charge in [0.05, 0.1) is 30.5 Å². The number of amides is 1. The lowest BCUT2D eigenvalue weighted by atomic mass is 10.1. The fraction of sp³-hybridized carbons (Fsp3) is 0.154. The Hall–Kier alpha value is -4.45. The molecule has 39 heavy (non-hydrogen) atoms. The van der Waals surface area contributed by atoms with Crippen molar-refractivity contribution < 1.29 is 36.6 Å².